The Bertz CT molecular complexity index is 991. The average Bonchev–Trinajstić information content (AvgIpc) is 2.88. The van der Waals surface area contributed by atoms with Gasteiger partial charge in [-0.3, -0.25) is 9.69 Å². The van der Waals surface area contributed by atoms with Gasteiger partial charge in [-0.1, -0.05) is 12.1 Å². The fraction of sp³-hybridized carbons (Fsp3) is 0.464. The van der Waals surface area contributed by atoms with E-state index < -0.39 is 11.6 Å². The molecule has 1 N–H and O–H groups in total. The molecule has 1 atom stereocenters. The summed E-state index contributed by atoms with van der Waals surface area (Å²) in [5.41, 5.74) is 1.66. The summed E-state index contributed by atoms with van der Waals surface area (Å²) in [4.78, 5) is 16.8. The predicted molar refractivity (Wildman–Crippen MR) is 132 cm³/mol. The number of halogens is 2. The monoisotopic (exact) mass is 484 g/mol. The van der Waals surface area contributed by atoms with Gasteiger partial charge in [0.25, 0.3) is 0 Å². The molecule has 0 spiro atoms. The summed E-state index contributed by atoms with van der Waals surface area (Å²) in [5, 5.41) is 10.2. The first-order chi connectivity index (χ1) is 17.0. The Morgan fingerprint density at radius 1 is 1.03 bits per heavy atom. The number of nitrogens with zero attached hydrogens (tertiary/aromatic N) is 2. The zero-order valence-electron chi connectivity index (χ0n) is 20.2. The molecule has 2 saturated heterocycles. The molecule has 2 aromatic carbocycles. The highest BCUT2D eigenvalue weighted by Crippen LogP contribution is 2.32. The summed E-state index contributed by atoms with van der Waals surface area (Å²) in [6, 6.07) is 11.6. The van der Waals surface area contributed by atoms with Gasteiger partial charge in [-0.25, -0.2) is 8.78 Å². The Labute approximate surface area is 206 Å². The van der Waals surface area contributed by atoms with Gasteiger partial charge in [0.05, 0.1) is 13.7 Å². The topological polar surface area (TPSA) is 53.0 Å². The smallest absolute Gasteiger partial charge is 0.246 e. The lowest BCUT2D eigenvalue weighted by molar-refractivity contribution is -0.127. The van der Waals surface area contributed by atoms with Gasteiger partial charge in [0.15, 0.2) is 0 Å². The van der Waals surface area contributed by atoms with Crippen molar-refractivity contribution >= 4 is 12.0 Å². The van der Waals surface area contributed by atoms with Crippen molar-refractivity contribution in [2.45, 2.75) is 37.6 Å². The molecule has 0 aromatic heterocycles. The van der Waals surface area contributed by atoms with Crippen molar-refractivity contribution in [2.24, 2.45) is 5.92 Å². The molecule has 1 amide bonds. The first-order valence-electron chi connectivity index (χ1n) is 12.4. The van der Waals surface area contributed by atoms with E-state index in [9.17, 15) is 18.7 Å². The Balaban J connectivity index is 1.27. The molecule has 0 saturated carbocycles. The second kappa shape index (κ2) is 11.8. The molecule has 2 heterocycles. The number of aliphatic hydroxyl groups is 1. The first-order valence-corrected chi connectivity index (χ1v) is 12.4. The van der Waals surface area contributed by atoms with E-state index in [-0.39, 0.29) is 18.6 Å². The van der Waals surface area contributed by atoms with Gasteiger partial charge in [0.1, 0.15) is 17.4 Å². The van der Waals surface area contributed by atoms with Crippen molar-refractivity contribution in [1.29, 1.82) is 0 Å². The maximum absolute atomic E-state index is 13.4. The molecule has 7 heteroatoms. The standard InChI is InChI=1S/C28H34F2N2O3/c1-35-26-5-3-21(4-6-26)22-8-12-31(13-9-22)27(19-33)23-10-14-32(15-11-23)28(34)7-2-20-16-24(29)18-25(30)17-20/h2-7,16-18,22-23,27,33H,8-15,19H2,1H3/b7-2+. The quantitative estimate of drug-likeness (QED) is 0.590. The Hall–Kier alpha value is -2.77. The fourth-order valence-electron chi connectivity index (χ4n) is 5.45. The van der Waals surface area contributed by atoms with Gasteiger partial charge in [0, 0.05) is 31.3 Å². The number of aliphatic hydroxyl groups excluding tert-OH is 1. The van der Waals surface area contributed by atoms with E-state index in [0.29, 0.717) is 30.5 Å². The largest absolute Gasteiger partial charge is 0.497 e. The number of hydrogen-bond acceptors (Lipinski definition) is 4. The van der Waals surface area contributed by atoms with Crippen LogP contribution in [0.25, 0.3) is 6.08 Å². The molecule has 4 rings (SSSR count). The highest BCUT2D eigenvalue weighted by molar-refractivity contribution is 5.91. The normalized spacial score (nSPS) is 19.3. The van der Waals surface area contributed by atoms with Crippen LogP contribution in [0.1, 0.15) is 42.7 Å². The van der Waals surface area contributed by atoms with Crippen molar-refractivity contribution in [3.63, 3.8) is 0 Å². The van der Waals surface area contributed by atoms with Crippen LogP contribution in [0.2, 0.25) is 0 Å². The summed E-state index contributed by atoms with van der Waals surface area (Å²) < 4.78 is 32.0. The van der Waals surface area contributed by atoms with Crippen LogP contribution in [0.4, 0.5) is 8.78 Å². The lowest BCUT2D eigenvalue weighted by Crippen LogP contribution is -2.50. The van der Waals surface area contributed by atoms with Crippen LogP contribution in [-0.2, 0) is 4.79 Å². The summed E-state index contributed by atoms with van der Waals surface area (Å²) in [6.07, 6.45) is 6.61. The predicted octanol–water partition coefficient (Wildman–Crippen LogP) is 4.47. The molecular formula is C28H34F2N2O3. The van der Waals surface area contributed by atoms with Gasteiger partial charge < -0.3 is 14.7 Å². The molecule has 0 radical (unpaired) electrons. The highest BCUT2D eigenvalue weighted by Gasteiger charge is 2.33. The van der Waals surface area contributed by atoms with Gasteiger partial charge in [0.2, 0.25) is 5.91 Å². The number of carbonyl (C=O) groups excluding carboxylic acids is 1. The molecule has 35 heavy (non-hydrogen) atoms. The van der Waals surface area contributed by atoms with Crippen molar-refractivity contribution in [3.8, 4) is 5.75 Å². The third-order valence-corrected chi connectivity index (χ3v) is 7.47. The van der Waals surface area contributed by atoms with Gasteiger partial charge >= 0.3 is 0 Å². The second-order valence-electron chi connectivity index (χ2n) is 9.53. The molecule has 2 aliphatic heterocycles. The fourth-order valence-corrected chi connectivity index (χ4v) is 5.45. The molecule has 5 nitrogen and oxygen atoms in total. The maximum Gasteiger partial charge on any atom is 0.246 e. The number of likely N-dealkylation sites (tertiary alicyclic amines) is 2. The molecular weight excluding hydrogens is 450 g/mol. The molecule has 2 aromatic rings. The molecule has 0 bridgehead atoms. The molecule has 188 valence electrons. The van der Waals surface area contributed by atoms with Gasteiger partial charge in [-0.15, -0.1) is 0 Å². The second-order valence-corrected chi connectivity index (χ2v) is 9.53. The van der Waals surface area contributed by atoms with Gasteiger partial charge in [-0.2, -0.15) is 0 Å². The van der Waals surface area contributed by atoms with Crippen molar-refractivity contribution in [3.05, 3.63) is 71.3 Å². The third-order valence-electron chi connectivity index (χ3n) is 7.47. The number of amides is 1. The van der Waals surface area contributed by atoms with E-state index >= 15 is 0 Å². The van der Waals surface area contributed by atoms with Crippen molar-refractivity contribution in [2.75, 3.05) is 39.9 Å². The van der Waals surface area contributed by atoms with E-state index in [0.717, 1.165) is 50.6 Å². The van der Waals surface area contributed by atoms with Crippen molar-refractivity contribution in [1.82, 2.24) is 9.80 Å². The molecule has 2 aliphatic rings. The average molecular weight is 485 g/mol. The Morgan fingerprint density at radius 2 is 1.66 bits per heavy atom. The minimum atomic E-state index is -0.666. The van der Waals surface area contributed by atoms with E-state index in [2.05, 4.69) is 17.0 Å². The van der Waals surface area contributed by atoms with Gasteiger partial charge in [-0.05, 0) is 92.1 Å². The van der Waals surface area contributed by atoms with E-state index in [1.165, 1.54) is 29.8 Å². The zero-order valence-corrected chi connectivity index (χ0v) is 20.2. The summed E-state index contributed by atoms with van der Waals surface area (Å²) in [6.45, 7) is 3.26. The first kappa shape index (κ1) is 25.3. The Kier molecular flexibility index (Phi) is 8.52. The summed E-state index contributed by atoms with van der Waals surface area (Å²) >= 11 is 0. The van der Waals surface area contributed by atoms with Crippen LogP contribution >= 0.6 is 0 Å². The van der Waals surface area contributed by atoms with E-state index in [4.69, 9.17) is 4.74 Å². The highest BCUT2D eigenvalue weighted by atomic mass is 19.1. The van der Waals surface area contributed by atoms with E-state index in [1.54, 1.807) is 12.0 Å². The summed E-state index contributed by atoms with van der Waals surface area (Å²) in [5.74, 6) is 0.239. The number of ether oxygens (including phenoxy) is 1. The van der Waals surface area contributed by atoms with E-state index in [1.807, 2.05) is 12.1 Å². The minimum Gasteiger partial charge on any atom is -0.497 e. The number of rotatable bonds is 7. The van der Waals surface area contributed by atoms with Crippen LogP contribution in [-0.4, -0.2) is 66.8 Å². The Morgan fingerprint density at radius 3 is 2.23 bits per heavy atom. The number of hydrogen-bond donors (Lipinski definition) is 1. The van der Waals surface area contributed by atoms with Crippen molar-refractivity contribution < 1.29 is 23.4 Å². The van der Waals surface area contributed by atoms with Crippen LogP contribution in [0, 0.1) is 17.6 Å². The number of carbonyl (C=O) groups is 1. The SMILES string of the molecule is COc1ccc(C2CCN(C(CO)C3CCN(C(=O)/C=C/c4cc(F)cc(F)c4)CC3)CC2)cc1. The zero-order chi connectivity index (χ0) is 24.8. The van der Waals surface area contributed by atoms with Crippen LogP contribution in [0.15, 0.2) is 48.5 Å². The number of methoxy groups -OCH3 is 1. The third kappa shape index (κ3) is 6.47. The lowest BCUT2D eigenvalue weighted by Gasteiger charge is -2.43. The van der Waals surface area contributed by atoms with Crippen LogP contribution < -0.4 is 4.74 Å². The number of piperidine rings is 2. The van der Waals surface area contributed by atoms with Crippen LogP contribution in [0.3, 0.4) is 0 Å². The molecule has 2 fully saturated rings. The maximum atomic E-state index is 13.4. The molecule has 0 aliphatic carbocycles. The van der Waals surface area contributed by atoms with Crippen LogP contribution in [0.5, 0.6) is 5.75 Å². The number of benzene rings is 2. The molecule has 1 unspecified atom stereocenters. The minimum absolute atomic E-state index is 0.106. The summed E-state index contributed by atoms with van der Waals surface area (Å²) in [7, 11) is 1.68. The lowest BCUT2D eigenvalue weighted by atomic mass is 9.85.